The summed E-state index contributed by atoms with van der Waals surface area (Å²) < 4.78 is 19.7. The molecular weight excluding hydrogens is 292 g/mol. The van der Waals surface area contributed by atoms with Gasteiger partial charge in [0.15, 0.2) is 0 Å². The van der Waals surface area contributed by atoms with Crippen molar-refractivity contribution in [1.29, 1.82) is 0 Å². The fourth-order valence-corrected chi connectivity index (χ4v) is 1.21. The van der Waals surface area contributed by atoms with E-state index >= 15 is 0 Å². The summed E-state index contributed by atoms with van der Waals surface area (Å²) in [7, 11) is 0. The smallest absolute Gasteiger partial charge is 0.330 e. The van der Waals surface area contributed by atoms with Crippen LogP contribution in [0.1, 0.15) is 33.6 Å². The van der Waals surface area contributed by atoms with E-state index in [4.69, 9.17) is 14.2 Å². The molecule has 0 aliphatic rings. The topological polar surface area (TPSA) is 88.1 Å². The van der Waals surface area contributed by atoms with Gasteiger partial charge in [0.25, 0.3) is 0 Å². The second kappa shape index (κ2) is 10.8. The molecule has 7 nitrogen and oxygen atoms in total. The average Bonchev–Trinajstić information content (AvgIpc) is 2.44. The highest BCUT2D eigenvalue weighted by atomic mass is 16.6. The number of esters is 3. The summed E-state index contributed by atoms with van der Waals surface area (Å²) in [5, 5.41) is 0. The molecule has 22 heavy (non-hydrogen) atoms. The number of hydrogen-bond acceptors (Lipinski definition) is 7. The van der Waals surface area contributed by atoms with Crippen molar-refractivity contribution in [2.24, 2.45) is 0 Å². The summed E-state index contributed by atoms with van der Waals surface area (Å²) in [6, 6.07) is 0. The monoisotopic (exact) mass is 316 g/mol. The molecule has 0 fully saturated rings. The first-order chi connectivity index (χ1) is 10.2. The molecule has 7 heteroatoms. The van der Waals surface area contributed by atoms with E-state index in [2.05, 4.69) is 11.3 Å². The van der Waals surface area contributed by atoms with E-state index in [9.17, 15) is 14.4 Å². The van der Waals surface area contributed by atoms with Gasteiger partial charge in [0.2, 0.25) is 0 Å². The van der Waals surface area contributed by atoms with E-state index in [0.29, 0.717) is 6.61 Å². The fourth-order valence-electron chi connectivity index (χ4n) is 1.21. The second-order valence-corrected chi connectivity index (χ2v) is 5.27. The maximum absolute atomic E-state index is 11.4. The van der Waals surface area contributed by atoms with Crippen LogP contribution >= 0.6 is 0 Å². The zero-order chi connectivity index (χ0) is 17.0. The van der Waals surface area contributed by atoms with Crippen LogP contribution in [0, 0.1) is 0 Å². The van der Waals surface area contributed by atoms with Gasteiger partial charge in [-0.15, -0.1) is 0 Å². The summed E-state index contributed by atoms with van der Waals surface area (Å²) in [6.07, 6.45) is 0.858. The van der Waals surface area contributed by atoms with Gasteiger partial charge in [-0.25, -0.2) is 4.79 Å². The third kappa shape index (κ3) is 13.1. The molecular formula is C15H24O7. The average molecular weight is 316 g/mol. The van der Waals surface area contributed by atoms with E-state index in [1.807, 2.05) is 20.8 Å². The van der Waals surface area contributed by atoms with Crippen LogP contribution in [0.15, 0.2) is 12.7 Å². The molecule has 0 aromatic rings. The lowest BCUT2D eigenvalue weighted by atomic mass is 10.2. The molecule has 0 radical (unpaired) electrons. The fraction of sp³-hybridized carbons (Fsp3) is 0.667. The molecule has 0 aliphatic heterocycles. The zero-order valence-corrected chi connectivity index (χ0v) is 13.4. The molecule has 0 amide bonds. The van der Waals surface area contributed by atoms with Crippen LogP contribution in [-0.4, -0.2) is 49.9 Å². The number of hydrogen-bond donors (Lipinski definition) is 0. The van der Waals surface area contributed by atoms with Gasteiger partial charge in [0.05, 0.1) is 25.0 Å². The van der Waals surface area contributed by atoms with Crippen LogP contribution in [0.25, 0.3) is 0 Å². The minimum atomic E-state index is -0.586. The van der Waals surface area contributed by atoms with Gasteiger partial charge in [-0.05, 0) is 20.8 Å². The summed E-state index contributed by atoms with van der Waals surface area (Å²) in [4.78, 5) is 33.4. The maximum Gasteiger partial charge on any atom is 0.330 e. The Kier molecular flexibility index (Phi) is 9.86. The van der Waals surface area contributed by atoms with E-state index in [1.54, 1.807) is 0 Å². The van der Waals surface area contributed by atoms with Crippen LogP contribution < -0.4 is 0 Å². The van der Waals surface area contributed by atoms with Crippen LogP contribution in [0.4, 0.5) is 0 Å². The van der Waals surface area contributed by atoms with Crippen molar-refractivity contribution in [2.45, 2.75) is 39.2 Å². The van der Waals surface area contributed by atoms with E-state index < -0.39 is 17.9 Å². The van der Waals surface area contributed by atoms with Crippen molar-refractivity contribution in [2.75, 3.05) is 26.4 Å². The molecule has 0 saturated carbocycles. The Labute approximate surface area is 130 Å². The van der Waals surface area contributed by atoms with Gasteiger partial charge >= 0.3 is 17.9 Å². The maximum atomic E-state index is 11.4. The summed E-state index contributed by atoms with van der Waals surface area (Å²) >= 11 is 0. The Hall–Kier alpha value is -1.89. The minimum absolute atomic E-state index is 0.0504. The molecule has 0 aromatic carbocycles. The first-order valence-electron chi connectivity index (χ1n) is 6.99. The van der Waals surface area contributed by atoms with Crippen molar-refractivity contribution in [3.8, 4) is 0 Å². The van der Waals surface area contributed by atoms with Crippen LogP contribution in [0.5, 0.6) is 0 Å². The number of carbonyl (C=O) groups is 3. The van der Waals surface area contributed by atoms with Crippen molar-refractivity contribution in [1.82, 2.24) is 0 Å². The second-order valence-electron chi connectivity index (χ2n) is 5.27. The van der Waals surface area contributed by atoms with Crippen LogP contribution in [-0.2, 0) is 33.3 Å². The van der Waals surface area contributed by atoms with Gasteiger partial charge in [0.1, 0.15) is 19.8 Å². The molecule has 126 valence electrons. The zero-order valence-electron chi connectivity index (χ0n) is 13.4. The van der Waals surface area contributed by atoms with Crippen molar-refractivity contribution >= 4 is 17.9 Å². The third-order valence-corrected chi connectivity index (χ3v) is 2.17. The van der Waals surface area contributed by atoms with E-state index in [1.165, 1.54) is 0 Å². The Morgan fingerprint density at radius 3 is 1.77 bits per heavy atom. The van der Waals surface area contributed by atoms with Gasteiger partial charge in [-0.1, -0.05) is 6.58 Å². The molecule has 0 atom stereocenters. The molecule has 0 N–H and O–H groups in total. The third-order valence-electron chi connectivity index (χ3n) is 2.17. The number of rotatable bonds is 10. The Bertz CT molecular complexity index is 382. The largest absolute Gasteiger partial charge is 0.463 e. The van der Waals surface area contributed by atoms with Crippen molar-refractivity contribution in [3.05, 3.63) is 12.7 Å². The molecule has 0 bridgehead atoms. The summed E-state index contributed by atoms with van der Waals surface area (Å²) in [6.45, 7) is 9.25. The Morgan fingerprint density at radius 1 is 0.864 bits per heavy atom. The summed E-state index contributed by atoms with van der Waals surface area (Å²) in [5.74, 6) is -1.64. The lowest BCUT2D eigenvalue weighted by molar-refractivity contribution is -0.153. The van der Waals surface area contributed by atoms with Gasteiger partial charge in [-0.3, -0.25) is 9.59 Å². The SMILES string of the molecule is C=CC(=O)OCCOC(=O)CCC(=O)OCCOC(C)(C)C. The highest BCUT2D eigenvalue weighted by Crippen LogP contribution is 2.06. The summed E-state index contributed by atoms with van der Waals surface area (Å²) in [5.41, 5.74) is -0.286. The van der Waals surface area contributed by atoms with E-state index in [0.717, 1.165) is 6.08 Å². The lowest BCUT2D eigenvalue weighted by Crippen LogP contribution is -2.22. The number of ether oxygens (including phenoxy) is 4. The highest BCUT2D eigenvalue weighted by molar-refractivity contribution is 5.81. The highest BCUT2D eigenvalue weighted by Gasteiger charge is 2.12. The van der Waals surface area contributed by atoms with Crippen molar-refractivity contribution < 1.29 is 33.3 Å². The van der Waals surface area contributed by atoms with Gasteiger partial charge in [-0.2, -0.15) is 0 Å². The molecule has 0 unspecified atom stereocenters. The molecule has 0 heterocycles. The van der Waals surface area contributed by atoms with Crippen molar-refractivity contribution in [3.63, 3.8) is 0 Å². The Balaban J connectivity index is 3.58. The number of carbonyl (C=O) groups excluding carboxylic acids is 3. The van der Waals surface area contributed by atoms with Gasteiger partial charge < -0.3 is 18.9 Å². The molecule has 0 aliphatic carbocycles. The quantitative estimate of drug-likeness (QED) is 0.260. The molecule has 0 aromatic heterocycles. The normalized spacial score (nSPS) is 10.7. The Morgan fingerprint density at radius 2 is 1.32 bits per heavy atom. The molecule has 0 rings (SSSR count). The first-order valence-corrected chi connectivity index (χ1v) is 6.99. The standard InChI is InChI=1S/C15H24O7/c1-5-12(16)19-8-9-20-13(17)6-7-14(18)21-10-11-22-15(2,3)4/h5H,1,6-11H2,2-4H3. The van der Waals surface area contributed by atoms with Gasteiger partial charge in [0, 0.05) is 6.08 Å². The predicted molar refractivity (Wildman–Crippen MR) is 78.0 cm³/mol. The van der Waals surface area contributed by atoms with Crippen LogP contribution in [0.2, 0.25) is 0 Å². The minimum Gasteiger partial charge on any atom is -0.463 e. The molecule has 0 saturated heterocycles. The van der Waals surface area contributed by atoms with Crippen LogP contribution in [0.3, 0.4) is 0 Å². The lowest BCUT2D eigenvalue weighted by Gasteiger charge is -2.19. The van der Waals surface area contributed by atoms with E-state index in [-0.39, 0.29) is 38.3 Å². The first kappa shape index (κ1) is 20.1. The predicted octanol–water partition coefficient (Wildman–Crippen LogP) is 1.40. The molecule has 0 spiro atoms.